The van der Waals surface area contributed by atoms with Crippen molar-refractivity contribution >= 4 is 11.9 Å². The third kappa shape index (κ3) is 2.08. The lowest BCUT2D eigenvalue weighted by atomic mass is 10.4. The van der Waals surface area contributed by atoms with Crippen LogP contribution in [0.5, 0.6) is 0 Å². The highest BCUT2D eigenvalue weighted by Gasteiger charge is 2.32. The van der Waals surface area contributed by atoms with Gasteiger partial charge in [-0.15, -0.1) is 0 Å². The molecule has 4 heteroatoms. The Morgan fingerprint density at radius 3 is 2.50 bits per heavy atom. The average Bonchev–Trinajstić information content (AvgIpc) is 2.81. The van der Waals surface area contributed by atoms with E-state index in [-0.39, 0.29) is 18.5 Å². The van der Waals surface area contributed by atoms with Crippen LogP contribution in [0.25, 0.3) is 0 Å². The third-order valence-electron chi connectivity index (χ3n) is 1.75. The Balaban J connectivity index is 2.53. The molecule has 0 aromatic heterocycles. The molecule has 1 amide bonds. The van der Waals surface area contributed by atoms with E-state index in [1.54, 1.807) is 0 Å². The molecule has 0 radical (unpaired) electrons. The van der Waals surface area contributed by atoms with Crippen molar-refractivity contribution in [2.45, 2.75) is 18.9 Å². The highest BCUT2D eigenvalue weighted by molar-refractivity contribution is 5.90. The lowest BCUT2D eigenvalue weighted by Gasteiger charge is -2.17. The van der Waals surface area contributed by atoms with Gasteiger partial charge in [0.2, 0.25) is 5.91 Å². The quantitative estimate of drug-likeness (QED) is 0.613. The van der Waals surface area contributed by atoms with Crippen LogP contribution >= 0.6 is 0 Å². The molecule has 1 N–H and O–H groups in total. The van der Waals surface area contributed by atoms with Crippen LogP contribution in [0.4, 0.5) is 0 Å². The lowest BCUT2D eigenvalue weighted by Crippen LogP contribution is -2.36. The van der Waals surface area contributed by atoms with Gasteiger partial charge in [-0.3, -0.25) is 9.59 Å². The van der Waals surface area contributed by atoms with Crippen LogP contribution in [0.1, 0.15) is 12.8 Å². The van der Waals surface area contributed by atoms with Crippen LogP contribution in [0.3, 0.4) is 0 Å². The van der Waals surface area contributed by atoms with Gasteiger partial charge >= 0.3 is 5.97 Å². The molecule has 0 heterocycles. The molecule has 12 heavy (non-hydrogen) atoms. The van der Waals surface area contributed by atoms with Crippen LogP contribution in [-0.4, -0.2) is 34.5 Å². The molecule has 0 unspecified atom stereocenters. The van der Waals surface area contributed by atoms with E-state index in [2.05, 4.69) is 6.58 Å². The van der Waals surface area contributed by atoms with Gasteiger partial charge in [-0.05, 0) is 18.9 Å². The van der Waals surface area contributed by atoms with E-state index in [0.717, 1.165) is 18.9 Å². The standard InChI is InChI=1S/C8H11NO3/c1-2-7(10)9(5-8(11)12)6-3-4-6/h2,6H,1,3-5H2,(H,11,12). The van der Waals surface area contributed by atoms with E-state index in [0.29, 0.717) is 0 Å². The summed E-state index contributed by atoms with van der Waals surface area (Å²) < 4.78 is 0. The summed E-state index contributed by atoms with van der Waals surface area (Å²) in [6.45, 7) is 3.10. The molecule has 0 bridgehead atoms. The average molecular weight is 169 g/mol. The normalized spacial score (nSPS) is 15.3. The first-order chi connectivity index (χ1) is 5.65. The van der Waals surface area contributed by atoms with Crippen molar-refractivity contribution in [1.29, 1.82) is 0 Å². The third-order valence-corrected chi connectivity index (χ3v) is 1.75. The first kappa shape index (κ1) is 8.77. The molecule has 0 aromatic carbocycles. The Bertz CT molecular complexity index is 220. The topological polar surface area (TPSA) is 57.6 Å². The molecule has 66 valence electrons. The van der Waals surface area contributed by atoms with Gasteiger partial charge < -0.3 is 10.0 Å². The SMILES string of the molecule is C=CC(=O)N(CC(=O)O)C1CC1. The van der Waals surface area contributed by atoms with Crippen molar-refractivity contribution in [3.8, 4) is 0 Å². The fourth-order valence-corrected chi connectivity index (χ4v) is 1.04. The first-order valence-electron chi connectivity index (χ1n) is 3.80. The van der Waals surface area contributed by atoms with Gasteiger partial charge in [-0.1, -0.05) is 6.58 Å². The van der Waals surface area contributed by atoms with E-state index in [1.165, 1.54) is 4.90 Å². The highest BCUT2D eigenvalue weighted by atomic mass is 16.4. The Morgan fingerprint density at radius 2 is 2.17 bits per heavy atom. The number of rotatable bonds is 4. The second-order valence-electron chi connectivity index (χ2n) is 2.80. The minimum atomic E-state index is -0.975. The van der Waals surface area contributed by atoms with Gasteiger partial charge in [0, 0.05) is 6.04 Å². The largest absolute Gasteiger partial charge is 0.480 e. The van der Waals surface area contributed by atoms with Crippen molar-refractivity contribution < 1.29 is 14.7 Å². The molecular formula is C8H11NO3. The van der Waals surface area contributed by atoms with Gasteiger partial charge in [0.05, 0.1) is 0 Å². The molecule has 0 atom stereocenters. The van der Waals surface area contributed by atoms with Crippen molar-refractivity contribution in [2.24, 2.45) is 0 Å². The number of carboxylic acids is 1. The monoisotopic (exact) mass is 169 g/mol. The predicted molar refractivity (Wildman–Crippen MR) is 42.6 cm³/mol. The van der Waals surface area contributed by atoms with Gasteiger partial charge in [0.25, 0.3) is 0 Å². The smallest absolute Gasteiger partial charge is 0.323 e. The zero-order valence-electron chi connectivity index (χ0n) is 6.69. The van der Waals surface area contributed by atoms with Gasteiger partial charge in [-0.25, -0.2) is 0 Å². The summed E-state index contributed by atoms with van der Waals surface area (Å²) in [6.07, 6.45) is 2.97. The van der Waals surface area contributed by atoms with E-state index in [4.69, 9.17) is 5.11 Å². The zero-order valence-corrected chi connectivity index (χ0v) is 6.69. The summed E-state index contributed by atoms with van der Waals surface area (Å²) in [5.41, 5.74) is 0. The molecule has 0 saturated heterocycles. The number of hydrogen-bond donors (Lipinski definition) is 1. The summed E-state index contributed by atoms with van der Waals surface area (Å²) in [7, 11) is 0. The number of carbonyl (C=O) groups is 2. The minimum absolute atomic E-state index is 0.131. The second-order valence-corrected chi connectivity index (χ2v) is 2.80. The summed E-state index contributed by atoms with van der Waals surface area (Å²) in [5, 5.41) is 8.48. The first-order valence-corrected chi connectivity index (χ1v) is 3.80. The van der Waals surface area contributed by atoms with E-state index >= 15 is 0 Å². The Hall–Kier alpha value is -1.32. The van der Waals surface area contributed by atoms with E-state index < -0.39 is 5.97 Å². The Kier molecular flexibility index (Phi) is 2.47. The molecule has 1 fully saturated rings. The van der Waals surface area contributed by atoms with E-state index in [1.807, 2.05) is 0 Å². The zero-order chi connectivity index (χ0) is 9.14. The van der Waals surface area contributed by atoms with Crippen molar-refractivity contribution in [2.75, 3.05) is 6.54 Å². The number of aliphatic carboxylic acids is 1. The van der Waals surface area contributed by atoms with Crippen molar-refractivity contribution in [3.63, 3.8) is 0 Å². The van der Waals surface area contributed by atoms with Crippen LogP contribution < -0.4 is 0 Å². The van der Waals surface area contributed by atoms with Crippen LogP contribution in [0, 0.1) is 0 Å². The fraction of sp³-hybridized carbons (Fsp3) is 0.500. The molecule has 0 aromatic rings. The number of carboxylic acid groups (broad SMARTS) is 1. The number of hydrogen-bond acceptors (Lipinski definition) is 2. The summed E-state index contributed by atoms with van der Waals surface area (Å²) >= 11 is 0. The Labute approximate surface area is 70.5 Å². The van der Waals surface area contributed by atoms with Crippen LogP contribution in [0.15, 0.2) is 12.7 Å². The van der Waals surface area contributed by atoms with Gasteiger partial charge in [0.1, 0.15) is 6.54 Å². The molecule has 0 spiro atoms. The highest BCUT2D eigenvalue weighted by Crippen LogP contribution is 2.26. The fourth-order valence-electron chi connectivity index (χ4n) is 1.04. The summed E-state index contributed by atoms with van der Waals surface area (Å²) in [4.78, 5) is 22.8. The molecule has 1 aliphatic rings. The van der Waals surface area contributed by atoms with Crippen molar-refractivity contribution in [1.82, 2.24) is 4.90 Å². The molecule has 1 rings (SSSR count). The maximum atomic E-state index is 11.1. The summed E-state index contributed by atoms with van der Waals surface area (Å²) in [5.74, 6) is -1.27. The lowest BCUT2D eigenvalue weighted by molar-refractivity contribution is -0.143. The van der Waals surface area contributed by atoms with Crippen LogP contribution in [0.2, 0.25) is 0 Å². The number of nitrogens with zero attached hydrogens (tertiary/aromatic N) is 1. The second kappa shape index (κ2) is 3.38. The van der Waals surface area contributed by atoms with Gasteiger partial charge in [0.15, 0.2) is 0 Å². The Morgan fingerprint density at radius 1 is 1.58 bits per heavy atom. The maximum absolute atomic E-state index is 11.1. The number of carbonyl (C=O) groups excluding carboxylic acids is 1. The maximum Gasteiger partial charge on any atom is 0.323 e. The molecular weight excluding hydrogens is 158 g/mol. The van der Waals surface area contributed by atoms with Crippen LogP contribution in [-0.2, 0) is 9.59 Å². The summed E-state index contributed by atoms with van der Waals surface area (Å²) in [6, 6.07) is 0.131. The number of amides is 1. The minimum Gasteiger partial charge on any atom is -0.480 e. The van der Waals surface area contributed by atoms with Crippen molar-refractivity contribution in [3.05, 3.63) is 12.7 Å². The molecule has 1 aliphatic carbocycles. The molecule has 4 nitrogen and oxygen atoms in total. The molecule has 0 aliphatic heterocycles. The molecule has 1 saturated carbocycles. The van der Waals surface area contributed by atoms with E-state index in [9.17, 15) is 9.59 Å². The predicted octanol–water partition coefficient (Wildman–Crippen LogP) is 0.248. The van der Waals surface area contributed by atoms with Gasteiger partial charge in [-0.2, -0.15) is 0 Å².